The summed E-state index contributed by atoms with van der Waals surface area (Å²) in [4.78, 5) is 7.23. The molecular formula is C20H31N3O. The minimum absolute atomic E-state index is 0.321. The van der Waals surface area contributed by atoms with Gasteiger partial charge in [-0.2, -0.15) is 0 Å². The Morgan fingerprint density at radius 1 is 1.17 bits per heavy atom. The molecule has 132 valence electrons. The van der Waals surface area contributed by atoms with Crippen LogP contribution in [-0.2, 0) is 0 Å². The number of benzene rings is 1. The fraction of sp³-hybridized carbons (Fsp3) is 0.650. The molecule has 1 aromatic rings. The lowest BCUT2D eigenvalue weighted by Crippen LogP contribution is -2.47. The summed E-state index contributed by atoms with van der Waals surface area (Å²) < 4.78 is 6.09. The lowest BCUT2D eigenvalue weighted by atomic mass is 10.1. The zero-order valence-corrected chi connectivity index (χ0v) is 14.9. The molecule has 2 aliphatic rings. The number of likely N-dealkylation sites (tertiary alicyclic amines) is 1. The van der Waals surface area contributed by atoms with Gasteiger partial charge in [0.05, 0.1) is 0 Å². The Hall–Kier alpha value is -1.71. The quantitative estimate of drug-likeness (QED) is 0.471. The summed E-state index contributed by atoms with van der Waals surface area (Å²) in [5.74, 6) is 3.08. The number of ether oxygens (including phenoxy) is 1. The van der Waals surface area contributed by atoms with Gasteiger partial charge in [-0.15, -0.1) is 0 Å². The summed E-state index contributed by atoms with van der Waals surface area (Å²) in [6.45, 7) is 6.07. The Morgan fingerprint density at radius 2 is 1.92 bits per heavy atom. The molecule has 3 rings (SSSR count). The smallest absolute Gasteiger partial charge is 0.193 e. The average Bonchev–Trinajstić information content (AvgIpc) is 3.44. The first kappa shape index (κ1) is 17.1. The Balaban J connectivity index is 1.44. The van der Waals surface area contributed by atoms with Gasteiger partial charge in [0.2, 0.25) is 0 Å². The van der Waals surface area contributed by atoms with E-state index in [4.69, 9.17) is 9.73 Å². The SMILES string of the molecule is CCNC(=NCCCC1CC1)N1CCC(Oc2ccccc2)CC1. The van der Waals surface area contributed by atoms with Gasteiger partial charge >= 0.3 is 0 Å². The van der Waals surface area contributed by atoms with E-state index < -0.39 is 0 Å². The first-order chi connectivity index (χ1) is 11.8. The molecule has 1 saturated heterocycles. The molecule has 1 heterocycles. The minimum atomic E-state index is 0.321. The maximum atomic E-state index is 6.09. The summed E-state index contributed by atoms with van der Waals surface area (Å²) >= 11 is 0. The van der Waals surface area contributed by atoms with Gasteiger partial charge in [-0.3, -0.25) is 4.99 Å². The van der Waals surface area contributed by atoms with E-state index >= 15 is 0 Å². The van der Waals surface area contributed by atoms with Crippen LogP contribution in [0.25, 0.3) is 0 Å². The number of nitrogens with one attached hydrogen (secondary N) is 1. The zero-order valence-electron chi connectivity index (χ0n) is 14.9. The second-order valence-electron chi connectivity index (χ2n) is 6.94. The summed E-state index contributed by atoms with van der Waals surface area (Å²) in [6, 6.07) is 10.2. The Morgan fingerprint density at radius 3 is 2.58 bits per heavy atom. The maximum Gasteiger partial charge on any atom is 0.193 e. The molecule has 0 radical (unpaired) electrons. The molecule has 1 aromatic carbocycles. The van der Waals surface area contributed by atoms with Crippen LogP contribution in [0.1, 0.15) is 45.4 Å². The highest BCUT2D eigenvalue weighted by Crippen LogP contribution is 2.33. The van der Waals surface area contributed by atoms with Crippen molar-refractivity contribution in [2.24, 2.45) is 10.9 Å². The van der Waals surface area contributed by atoms with Gasteiger partial charge in [-0.1, -0.05) is 31.0 Å². The second-order valence-corrected chi connectivity index (χ2v) is 6.94. The number of nitrogens with zero attached hydrogens (tertiary/aromatic N) is 2. The predicted molar refractivity (Wildman–Crippen MR) is 99.6 cm³/mol. The van der Waals surface area contributed by atoms with Crippen LogP contribution in [0.4, 0.5) is 0 Å². The van der Waals surface area contributed by atoms with Crippen molar-refractivity contribution >= 4 is 5.96 Å². The predicted octanol–water partition coefficient (Wildman–Crippen LogP) is 3.69. The van der Waals surface area contributed by atoms with Gasteiger partial charge in [0.25, 0.3) is 0 Å². The number of hydrogen-bond donors (Lipinski definition) is 1. The molecule has 0 bridgehead atoms. The van der Waals surface area contributed by atoms with Crippen molar-refractivity contribution < 1.29 is 4.74 Å². The molecule has 0 aromatic heterocycles. The van der Waals surface area contributed by atoms with Crippen LogP contribution in [0.2, 0.25) is 0 Å². The maximum absolute atomic E-state index is 6.09. The first-order valence-electron chi connectivity index (χ1n) is 9.60. The van der Waals surface area contributed by atoms with Crippen molar-refractivity contribution in [2.75, 3.05) is 26.2 Å². The highest BCUT2D eigenvalue weighted by molar-refractivity contribution is 5.80. The van der Waals surface area contributed by atoms with Crippen LogP contribution in [0, 0.1) is 5.92 Å². The first-order valence-corrected chi connectivity index (χ1v) is 9.60. The number of aliphatic imine (C=N–C) groups is 1. The number of para-hydroxylation sites is 1. The van der Waals surface area contributed by atoms with Gasteiger partial charge in [-0.25, -0.2) is 0 Å². The Bertz CT molecular complexity index is 505. The monoisotopic (exact) mass is 329 g/mol. The highest BCUT2D eigenvalue weighted by Gasteiger charge is 2.23. The van der Waals surface area contributed by atoms with Gasteiger partial charge in [0.1, 0.15) is 11.9 Å². The Labute approximate surface area is 146 Å². The molecule has 4 heteroatoms. The lowest BCUT2D eigenvalue weighted by molar-refractivity contribution is 0.129. The van der Waals surface area contributed by atoms with E-state index in [1.165, 1.54) is 25.7 Å². The number of piperidine rings is 1. The second kappa shape index (κ2) is 8.95. The molecule has 24 heavy (non-hydrogen) atoms. The molecule has 4 nitrogen and oxygen atoms in total. The van der Waals surface area contributed by atoms with E-state index in [2.05, 4.69) is 17.1 Å². The highest BCUT2D eigenvalue weighted by atomic mass is 16.5. The molecule has 1 aliphatic carbocycles. The summed E-state index contributed by atoms with van der Waals surface area (Å²) in [5, 5.41) is 3.46. The van der Waals surface area contributed by atoms with Crippen LogP contribution in [-0.4, -0.2) is 43.1 Å². The van der Waals surface area contributed by atoms with Crippen molar-refractivity contribution in [2.45, 2.75) is 51.6 Å². The molecule has 0 amide bonds. The van der Waals surface area contributed by atoms with Crippen LogP contribution < -0.4 is 10.1 Å². The third-order valence-corrected chi connectivity index (χ3v) is 4.85. The normalized spacial score (nSPS) is 19.4. The van der Waals surface area contributed by atoms with E-state index in [1.54, 1.807) is 0 Å². The molecule has 0 spiro atoms. The molecular weight excluding hydrogens is 298 g/mol. The average molecular weight is 329 g/mol. The van der Waals surface area contributed by atoms with Crippen molar-refractivity contribution in [1.29, 1.82) is 0 Å². The molecule has 1 saturated carbocycles. The van der Waals surface area contributed by atoms with Gasteiger partial charge in [0, 0.05) is 39.0 Å². The van der Waals surface area contributed by atoms with Crippen LogP contribution in [0.5, 0.6) is 5.75 Å². The van der Waals surface area contributed by atoms with E-state index in [-0.39, 0.29) is 0 Å². The molecule has 0 unspecified atom stereocenters. The van der Waals surface area contributed by atoms with Crippen molar-refractivity contribution in [3.05, 3.63) is 30.3 Å². The third kappa shape index (κ3) is 5.43. The van der Waals surface area contributed by atoms with Gasteiger partial charge < -0.3 is 15.0 Å². The molecule has 1 aliphatic heterocycles. The topological polar surface area (TPSA) is 36.9 Å². The number of hydrogen-bond acceptors (Lipinski definition) is 2. The molecule has 0 atom stereocenters. The standard InChI is InChI=1S/C20H31N3O/c1-2-21-20(22-14-6-7-17-10-11-17)23-15-12-19(13-16-23)24-18-8-4-3-5-9-18/h3-5,8-9,17,19H,2,6-7,10-16H2,1H3,(H,21,22). The van der Waals surface area contributed by atoms with E-state index in [0.29, 0.717) is 6.10 Å². The van der Waals surface area contributed by atoms with Crippen molar-refractivity contribution in [3.63, 3.8) is 0 Å². The van der Waals surface area contributed by atoms with E-state index in [1.807, 2.05) is 30.3 Å². The van der Waals surface area contributed by atoms with Crippen molar-refractivity contribution in [3.8, 4) is 5.75 Å². The van der Waals surface area contributed by atoms with Crippen molar-refractivity contribution in [1.82, 2.24) is 10.2 Å². The van der Waals surface area contributed by atoms with Crippen LogP contribution in [0.3, 0.4) is 0 Å². The van der Waals surface area contributed by atoms with Gasteiger partial charge in [-0.05, 0) is 37.8 Å². The van der Waals surface area contributed by atoms with Crippen LogP contribution >= 0.6 is 0 Å². The zero-order chi connectivity index (χ0) is 16.6. The summed E-state index contributed by atoms with van der Waals surface area (Å²) in [7, 11) is 0. The minimum Gasteiger partial charge on any atom is -0.490 e. The van der Waals surface area contributed by atoms with E-state index in [9.17, 15) is 0 Å². The fourth-order valence-corrected chi connectivity index (χ4v) is 3.27. The lowest BCUT2D eigenvalue weighted by Gasteiger charge is -2.34. The van der Waals surface area contributed by atoms with Crippen LogP contribution in [0.15, 0.2) is 35.3 Å². The Kier molecular flexibility index (Phi) is 6.39. The number of guanidine groups is 1. The third-order valence-electron chi connectivity index (χ3n) is 4.85. The molecule has 1 N–H and O–H groups in total. The van der Waals surface area contributed by atoms with Gasteiger partial charge in [0.15, 0.2) is 5.96 Å². The molecule has 2 fully saturated rings. The largest absolute Gasteiger partial charge is 0.490 e. The summed E-state index contributed by atoms with van der Waals surface area (Å²) in [6.07, 6.45) is 7.91. The number of rotatable bonds is 7. The fourth-order valence-electron chi connectivity index (χ4n) is 3.27. The van der Waals surface area contributed by atoms with E-state index in [0.717, 1.165) is 56.6 Å². The summed E-state index contributed by atoms with van der Waals surface area (Å²) in [5.41, 5.74) is 0.